The molecule has 272 valence electrons. The first-order chi connectivity index (χ1) is 24.1. The molecule has 2 aromatic carbocycles. The second kappa shape index (κ2) is 15.3. The molecule has 1 saturated heterocycles. The van der Waals surface area contributed by atoms with Crippen molar-refractivity contribution in [2.24, 2.45) is 0 Å². The van der Waals surface area contributed by atoms with Gasteiger partial charge in [-0.2, -0.15) is 9.61 Å². The number of fused-ring (bicyclic) bond motifs is 1. The van der Waals surface area contributed by atoms with Crippen LogP contribution in [0.2, 0.25) is 0 Å². The molecule has 3 heterocycles. The topological polar surface area (TPSA) is 87.4 Å². The van der Waals surface area contributed by atoms with Crippen LogP contribution in [0.3, 0.4) is 0 Å². The van der Waals surface area contributed by atoms with Gasteiger partial charge in [-0.1, -0.05) is 12.2 Å². The molecule has 2 atom stereocenters. The van der Waals surface area contributed by atoms with Gasteiger partial charge >= 0.3 is 5.97 Å². The van der Waals surface area contributed by atoms with Crippen molar-refractivity contribution in [3.8, 4) is 28.1 Å². The standard InChI is InChI=1S/C40H48F2N4O5/c1-10-12-25(3)50-33-23-29(41)13-14-31(33)27-20-28(22-30(42)21-27)32-24-34-43-26(4)35(36(38(47)48-9)51-39(5,6)7)37(46(34)44-32)45-17-15-40(8,16-18-45)49-19-11-2/h10-11,13-14,20-25,36H,1-2,12,15-19H2,3-9H3. The Morgan fingerprint density at radius 1 is 1.04 bits per heavy atom. The monoisotopic (exact) mass is 702 g/mol. The number of benzene rings is 2. The summed E-state index contributed by atoms with van der Waals surface area (Å²) in [4.78, 5) is 20.4. The van der Waals surface area contributed by atoms with E-state index in [4.69, 9.17) is 29.0 Å². The van der Waals surface area contributed by atoms with Gasteiger partial charge in [-0.25, -0.2) is 18.6 Å². The van der Waals surface area contributed by atoms with Crippen molar-refractivity contribution in [1.82, 2.24) is 14.6 Å². The fourth-order valence-electron chi connectivity index (χ4n) is 6.37. The summed E-state index contributed by atoms with van der Waals surface area (Å²) in [5, 5.41) is 4.99. The summed E-state index contributed by atoms with van der Waals surface area (Å²) < 4.78 is 55.3. The maximum Gasteiger partial charge on any atom is 0.339 e. The number of aryl methyl sites for hydroxylation is 1. The average molecular weight is 703 g/mol. The molecule has 4 aromatic rings. The van der Waals surface area contributed by atoms with Crippen LogP contribution < -0.4 is 9.64 Å². The Hall–Kier alpha value is -4.61. The number of rotatable bonds is 13. The molecule has 11 heteroatoms. The van der Waals surface area contributed by atoms with E-state index in [9.17, 15) is 9.18 Å². The molecule has 0 radical (unpaired) electrons. The Balaban J connectivity index is 1.66. The quantitative estimate of drug-likeness (QED) is 0.101. The van der Waals surface area contributed by atoms with E-state index in [0.29, 0.717) is 89.8 Å². The number of methoxy groups -OCH3 is 1. The number of piperidine rings is 1. The number of hydrogen-bond acceptors (Lipinski definition) is 8. The zero-order valence-electron chi connectivity index (χ0n) is 30.6. The van der Waals surface area contributed by atoms with Gasteiger partial charge in [0.1, 0.15) is 23.2 Å². The largest absolute Gasteiger partial charge is 0.490 e. The van der Waals surface area contributed by atoms with E-state index in [1.807, 2.05) is 34.6 Å². The Labute approximate surface area is 298 Å². The summed E-state index contributed by atoms with van der Waals surface area (Å²) in [5.41, 5.74) is 2.52. The number of halogens is 2. The van der Waals surface area contributed by atoms with Crippen molar-refractivity contribution in [1.29, 1.82) is 0 Å². The Morgan fingerprint density at radius 2 is 1.75 bits per heavy atom. The van der Waals surface area contributed by atoms with Gasteiger partial charge in [-0.15, -0.1) is 13.2 Å². The van der Waals surface area contributed by atoms with Crippen LogP contribution in [0.25, 0.3) is 28.0 Å². The number of aromatic nitrogens is 3. The molecule has 0 aliphatic carbocycles. The Morgan fingerprint density at radius 3 is 2.39 bits per heavy atom. The summed E-state index contributed by atoms with van der Waals surface area (Å²) in [5.74, 6) is -0.600. The molecule has 51 heavy (non-hydrogen) atoms. The van der Waals surface area contributed by atoms with E-state index in [2.05, 4.69) is 25.0 Å². The summed E-state index contributed by atoms with van der Waals surface area (Å²) >= 11 is 0. The molecular formula is C40H48F2N4O5. The number of carbonyl (C=O) groups is 1. The van der Waals surface area contributed by atoms with Crippen LogP contribution in [0.4, 0.5) is 14.6 Å². The second-order valence-electron chi connectivity index (χ2n) is 14.2. The van der Waals surface area contributed by atoms with Crippen molar-refractivity contribution in [3.63, 3.8) is 0 Å². The third-order valence-corrected chi connectivity index (χ3v) is 8.90. The van der Waals surface area contributed by atoms with Crippen LogP contribution in [0, 0.1) is 18.6 Å². The summed E-state index contributed by atoms with van der Waals surface area (Å²) in [6.45, 7) is 20.6. The molecule has 0 amide bonds. The average Bonchev–Trinajstić information content (AvgIpc) is 3.49. The molecular weight excluding hydrogens is 654 g/mol. The van der Waals surface area contributed by atoms with Gasteiger partial charge in [0.15, 0.2) is 11.8 Å². The van der Waals surface area contributed by atoms with E-state index < -0.39 is 29.3 Å². The highest BCUT2D eigenvalue weighted by molar-refractivity contribution is 5.81. The highest BCUT2D eigenvalue weighted by atomic mass is 19.1. The first kappa shape index (κ1) is 37.6. The first-order valence-corrected chi connectivity index (χ1v) is 17.2. The molecule has 1 aliphatic heterocycles. The lowest BCUT2D eigenvalue weighted by molar-refractivity contribution is -0.164. The van der Waals surface area contributed by atoms with Crippen molar-refractivity contribution in [2.75, 3.05) is 31.7 Å². The molecule has 0 saturated carbocycles. The van der Waals surface area contributed by atoms with E-state index in [-0.39, 0.29) is 11.7 Å². The third kappa shape index (κ3) is 8.65. The van der Waals surface area contributed by atoms with Gasteiger partial charge in [0.05, 0.1) is 42.3 Å². The Kier molecular flexibility index (Phi) is 11.3. The number of hydrogen-bond donors (Lipinski definition) is 0. The predicted octanol–water partition coefficient (Wildman–Crippen LogP) is 8.58. The number of esters is 1. The molecule has 1 aliphatic rings. The minimum atomic E-state index is -1.10. The molecule has 0 N–H and O–H groups in total. The van der Waals surface area contributed by atoms with Gasteiger partial charge < -0.3 is 23.8 Å². The van der Waals surface area contributed by atoms with Gasteiger partial charge in [0, 0.05) is 48.5 Å². The van der Waals surface area contributed by atoms with Gasteiger partial charge in [0.2, 0.25) is 0 Å². The van der Waals surface area contributed by atoms with E-state index in [1.54, 1.807) is 34.9 Å². The summed E-state index contributed by atoms with van der Waals surface area (Å²) in [6.07, 6.45) is 4.08. The zero-order chi connectivity index (χ0) is 37.1. The highest BCUT2D eigenvalue weighted by Gasteiger charge is 2.38. The minimum absolute atomic E-state index is 0.270. The van der Waals surface area contributed by atoms with Crippen LogP contribution in [0.1, 0.15) is 71.2 Å². The maximum absolute atomic E-state index is 15.4. The number of anilines is 1. The molecule has 5 rings (SSSR count). The number of ether oxygens (including phenoxy) is 4. The van der Waals surface area contributed by atoms with E-state index in [0.717, 1.165) is 0 Å². The fraction of sp³-hybridized carbons (Fsp3) is 0.425. The van der Waals surface area contributed by atoms with Crippen LogP contribution in [0.15, 0.2) is 67.8 Å². The lowest BCUT2D eigenvalue weighted by Crippen LogP contribution is -2.45. The van der Waals surface area contributed by atoms with Crippen molar-refractivity contribution in [3.05, 3.63) is 90.7 Å². The van der Waals surface area contributed by atoms with Crippen molar-refractivity contribution >= 4 is 17.4 Å². The Bertz CT molecular complexity index is 1910. The summed E-state index contributed by atoms with van der Waals surface area (Å²) in [7, 11) is 1.33. The van der Waals surface area contributed by atoms with Crippen LogP contribution in [-0.4, -0.2) is 64.7 Å². The lowest BCUT2D eigenvalue weighted by Gasteiger charge is -2.41. The van der Waals surface area contributed by atoms with Gasteiger partial charge in [-0.05, 0) is 90.3 Å². The molecule has 2 unspecified atom stereocenters. The fourth-order valence-corrected chi connectivity index (χ4v) is 6.37. The third-order valence-electron chi connectivity index (χ3n) is 8.90. The zero-order valence-corrected chi connectivity index (χ0v) is 30.6. The molecule has 0 spiro atoms. The van der Waals surface area contributed by atoms with Crippen LogP contribution in [-0.2, 0) is 19.0 Å². The molecule has 1 fully saturated rings. The normalized spacial score (nSPS) is 15.7. The van der Waals surface area contributed by atoms with E-state index >= 15 is 4.39 Å². The smallest absolute Gasteiger partial charge is 0.339 e. The SMILES string of the molecule is C=CCOC1(C)CCN(c2c(C(OC(C)(C)C)C(=O)OC)c(C)nc3cc(-c4cc(F)cc(-c5ccc(F)cc5OC(C)CC=C)c4)nn23)CC1. The maximum atomic E-state index is 15.4. The lowest BCUT2D eigenvalue weighted by atomic mass is 9.92. The molecule has 2 aromatic heterocycles. The molecule has 9 nitrogen and oxygen atoms in total. The molecule has 0 bridgehead atoms. The van der Waals surface area contributed by atoms with Crippen molar-refractivity contribution < 1.29 is 32.5 Å². The van der Waals surface area contributed by atoms with Crippen LogP contribution >= 0.6 is 0 Å². The summed E-state index contributed by atoms with van der Waals surface area (Å²) in [6, 6.07) is 10.5. The van der Waals surface area contributed by atoms with E-state index in [1.165, 1.54) is 31.4 Å². The van der Waals surface area contributed by atoms with Gasteiger partial charge in [-0.3, -0.25) is 0 Å². The first-order valence-electron chi connectivity index (χ1n) is 17.2. The number of carbonyl (C=O) groups excluding carboxylic acids is 1. The van der Waals surface area contributed by atoms with Crippen LogP contribution in [0.5, 0.6) is 5.75 Å². The number of nitrogens with zero attached hydrogens (tertiary/aromatic N) is 4. The highest BCUT2D eigenvalue weighted by Crippen LogP contribution is 2.40. The minimum Gasteiger partial charge on any atom is -0.490 e. The van der Waals surface area contributed by atoms with Gasteiger partial charge in [0.25, 0.3) is 0 Å². The van der Waals surface area contributed by atoms with Crippen molar-refractivity contribution in [2.45, 2.75) is 84.2 Å². The second-order valence-corrected chi connectivity index (χ2v) is 14.2. The predicted molar refractivity (Wildman–Crippen MR) is 195 cm³/mol.